The number of nitrogens with zero attached hydrogens (tertiary/aromatic N) is 4. The van der Waals surface area contributed by atoms with Gasteiger partial charge in [-0.2, -0.15) is 0 Å². The van der Waals surface area contributed by atoms with Crippen LogP contribution in [0.15, 0.2) is 24.3 Å². The smallest absolute Gasteiger partial charge is 0.186 e. The molecule has 5 nitrogen and oxygen atoms in total. The van der Waals surface area contributed by atoms with Crippen molar-refractivity contribution >= 4 is 76.6 Å². The topological polar surface area (TPSA) is 41.5 Å². The number of ether oxygens (including phenoxy) is 1. The third kappa shape index (κ3) is 3.30. The van der Waals surface area contributed by atoms with E-state index in [1.54, 1.807) is 29.8 Å². The Bertz CT molecular complexity index is 1210. The van der Waals surface area contributed by atoms with E-state index in [-0.39, 0.29) is 0 Å². The van der Waals surface area contributed by atoms with E-state index in [0.29, 0.717) is 5.02 Å². The van der Waals surface area contributed by atoms with Crippen LogP contribution in [0.3, 0.4) is 0 Å². The van der Waals surface area contributed by atoms with Crippen molar-refractivity contribution in [2.75, 3.05) is 43.1 Å². The number of benzene rings is 2. The minimum Gasteiger partial charge on any atom is -0.494 e. The predicted molar refractivity (Wildman–Crippen MR) is 125 cm³/mol. The van der Waals surface area contributed by atoms with E-state index in [1.165, 1.54) is 4.70 Å². The molecule has 0 N–H and O–H groups in total. The lowest BCUT2D eigenvalue weighted by Gasteiger charge is -2.34. The van der Waals surface area contributed by atoms with Gasteiger partial charge in [0, 0.05) is 31.2 Å². The molecule has 1 saturated heterocycles. The maximum Gasteiger partial charge on any atom is 0.186 e. The number of thiazole rings is 2. The van der Waals surface area contributed by atoms with Crippen molar-refractivity contribution in [3.8, 4) is 5.75 Å². The summed E-state index contributed by atoms with van der Waals surface area (Å²) in [5, 5.41) is 3.52. The molecule has 0 atom stereocenters. The van der Waals surface area contributed by atoms with Crippen molar-refractivity contribution in [2.24, 2.45) is 0 Å². The lowest BCUT2D eigenvalue weighted by atomic mass is 10.2. The number of hydrogen-bond donors (Lipinski definition) is 0. The van der Waals surface area contributed by atoms with Crippen LogP contribution in [0.25, 0.3) is 20.4 Å². The van der Waals surface area contributed by atoms with E-state index in [0.717, 1.165) is 68.5 Å². The van der Waals surface area contributed by atoms with Gasteiger partial charge in [-0.15, -0.1) is 0 Å². The van der Waals surface area contributed by atoms with Crippen molar-refractivity contribution < 1.29 is 4.74 Å². The number of piperazine rings is 1. The fourth-order valence-corrected chi connectivity index (χ4v) is 6.09. The minimum absolute atomic E-state index is 0.715. The van der Waals surface area contributed by atoms with Crippen LogP contribution in [-0.4, -0.2) is 43.3 Å². The number of aromatic nitrogens is 2. The van der Waals surface area contributed by atoms with Crippen LogP contribution in [0.1, 0.15) is 5.56 Å². The summed E-state index contributed by atoms with van der Waals surface area (Å²) < 4.78 is 7.60. The summed E-state index contributed by atoms with van der Waals surface area (Å²) in [4.78, 5) is 14.3. The second-order valence-corrected chi connectivity index (χ2v) is 9.71. The first-order chi connectivity index (χ1) is 14.0. The van der Waals surface area contributed by atoms with Gasteiger partial charge in [-0.3, -0.25) is 0 Å². The molecule has 4 aromatic rings. The zero-order valence-electron chi connectivity index (χ0n) is 15.9. The van der Waals surface area contributed by atoms with Gasteiger partial charge in [0.15, 0.2) is 10.3 Å². The van der Waals surface area contributed by atoms with Gasteiger partial charge >= 0.3 is 0 Å². The monoisotopic (exact) mass is 464 g/mol. The van der Waals surface area contributed by atoms with Gasteiger partial charge in [0.25, 0.3) is 0 Å². The van der Waals surface area contributed by atoms with Crippen LogP contribution in [0, 0.1) is 6.92 Å². The van der Waals surface area contributed by atoms with Crippen LogP contribution in [0.5, 0.6) is 5.75 Å². The second kappa shape index (κ2) is 7.47. The zero-order chi connectivity index (χ0) is 20.1. The van der Waals surface area contributed by atoms with Crippen molar-refractivity contribution in [3.05, 3.63) is 39.9 Å². The number of rotatable bonds is 3. The average molecular weight is 465 g/mol. The van der Waals surface area contributed by atoms with Gasteiger partial charge in [0.1, 0.15) is 11.3 Å². The highest BCUT2D eigenvalue weighted by Gasteiger charge is 2.23. The Morgan fingerprint density at radius 2 is 1.48 bits per heavy atom. The number of anilines is 2. The molecule has 1 aliphatic heterocycles. The first-order valence-electron chi connectivity index (χ1n) is 9.23. The SMILES string of the molecule is COc1ccc(Cl)c2sc(N3CCN(c4nc5c(C)c(Cl)ccc5s4)CC3)nc12. The molecule has 0 radical (unpaired) electrons. The fourth-order valence-electron chi connectivity index (χ4n) is 3.55. The van der Waals surface area contributed by atoms with Gasteiger partial charge in [-0.25, -0.2) is 9.97 Å². The van der Waals surface area contributed by atoms with E-state index < -0.39 is 0 Å². The van der Waals surface area contributed by atoms with Crippen molar-refractivity contribution in [3.63, 3.8) is 0 Å². The summed E-state index contributed by atoms with van der Waals surface area (Å²) in [5.41, 5.74) is 2.89. The van der Waals surface area contributed by atoms with E-state index in [9.17, 15) is 0 Å². The molecule has 1 fully saturated rings. The summed E-state index contributed by atoms with van der Waals surface area (Å²) in [6, 6.07) is 7.74. The summed E-state index contributed by atoms with van der Waals surface area (Å²) in [6.45, 7) is 5.59. The number of halogens is 2. The normalized spacial score (nSPS) is 14.9. The fraction of sp³-hybridized carbons (Fsp3) is 0.300. The third-order valence-electron chi connectivity index (χ3n) is 5.22. The molecule has 3 heterocycles. The Kier molecular flexibility index (Phi) is 4.94. The van der Waals surface area contributed by atoms with Crippen LogP contribution in [-0.2, 0) is 0 Å². The van der Waals surface area contributed by atoms with Crippen LogP contribution < -0.4 is 14.5 Å². The molecular formula is C20H18Cl2N4OS2. The number of hydrogen-bond acceptors (Lipinski definition) is 7. The molecule has 0 unspecified atom stereocenters. The number of fused-ring (bicyclic) bond motifs is 2. The Morgan fingerprint density at radius 3 is 2.17 bits per heavy atom. The maximum atomic E-state index is 6.38. The molecule has 2 aromatic carbocycles. The van der Waals surface area contributed by atoms with Gasteiger partial charge in [0.05, 0.1) is 27.0 Å². The summed E-state index contributed by atoms with van der Waals surface area (Å²) in [5.74, 6) is 0.758. The molecule has 0 amide bonds. The van der Waals surface area contributed by atoms with Gasteiger partial charge in [0.2, 0.25) is 0 Å². The lowest BCUT2D eigenvalue weighted by molar-refractivity contribution is 0.419. The summed E-state index contributed by atoms with van der Waals surface area (Å²) in [7, 11) is 1.66. The highest BCUT2D eigenvalue weighted by atomic mass is 35.5. The average Bonchev–Trinajstić information content (AvgIpc) is 3.37. The highest BCUT2D eigenvalue weighted by molar-refractivity contribution is 7.23. The van der Waals surface area contributed by atoms with E-state index in [2.05, 4.69) is 15.9 Å². The first kappa shape index (κ1) is 19.2. The highest BCUT2D eigenvalue weighted by Crippen LogP contribution is 2.39. The van der Waals surface area contributed by atoms with Crippen LogP contribution >= 0.6 is 45.9 Å². The largest absolute Gasteiger partial charge is 0.494 e. The van der Waals surface area contributed by atoms with Gasteiger partial charge < -0.3 is 14.5 Å². The van der Waals surface area contributed by atoms with Crippen LogP contribution in [0.4, 0.5) is 10.3 Å². The number of methoxy groups -OCH3 is 1. The van der Waals surface area contributed by atoms with Gasteiger partial charge in [-0.1, -0.05) is 45.9 Å². The van der Waals surface area contributed by atoms with E-state index in [4.69, 9.17) is 37.9 Å². The molecule has 0 saturated carbocycles. The molecule has 0 spiro atoms. The van der Waals surface area contributed by atoms with E-state index >= 15 is 0 Å². The molecule has 29 heavy (non-hydrogen) atoms. The van der Waals surface area contributed by atoms with Crippen molar-refractivity contribution in [1.29, 1.82) is 0 Å². The predicted octanol–water partition coefficient (Wildman–Crippen LogP) is 5.86. The lowest BCUT2D eigenvalue weighted by Crippen LogP contribution is -2.46. The molecular weight excluding hydrogens is 447 g/mol. The molecule has 5 rings (SSSR count). The minimum atomic E-state index is 0.715. The molecule has 2 aromatic heterocycles. The Labute approximate surface area is 186 Å². The summed E-state index contributed by atoms with van der Waals surface area (Å²) in [6.07, 6.45) is 0. The molecule has 150 valence electrons. The Morgan fingerprint density at radius 1 is 0.862 bits per heavy atom. The van der Waals surface area contributed by atoms with Gasteiger partial charge in [-0.05, 0) is 36.8 Å². The Balaban J connectivity index is 1.37. The van der Waals surface area contributed by atoms with Crippen molar-refractivity contribution in [2.45, 2.75) is 6.92 Å². The van der Waals surface area contributed by atoms with Crippen LogP contribution in [0.2, 0.25) is 10.0 Å². The third-order valence-corrected chi connectivity index (χ3v) is 8.29. The Hall–Kier alpha value is -1.80. The zero-order valence-corrected chi connectivity index (χ0v) is 19.1. The standard InChI is InChI=1S/C20H18Cl2N4OS2/c1-11-12(21)4-6-15-16(11)23-19(28-15)25-7-9-26(10-8-25)20-24-17-14(27-2)5-3-13(22)18(17)29-20/h3-6H,7-10H2,1-2H3. The second-order valence-electron chi connectivity index (χ2n) is 6.91. The summed E-state index contributed by atoms with van der Waals surface area (Å²) >= 11 is 16.0. The first-order valence-corrected chi connectivity index (χ1v) is 11.6. The molecule has 0 bridgehead atoms. The van der Waals surface area contributed by atoms with Crippen molar-refractivity contribution in [1.82, 2.24) is 9.97 Å². The molecule has 1 aliphatic rings. The molecule has 0 aliphatic carbocycles. The maximum absolute atomic E-state index is 6.38. The van der Waals surface area contributed by atoms with E-state index in [1.807, 2.05) is 25.1 Å². The molecule has 9 heteroatoms. The quantitative estimate of drug-likeness (QED) is 0.379. The number of aryl methyl sites for hydroxylation is 1.